The second-order valence-electron chi connectivity index (χ2n) is 2.71. The largest absolute Gasteiger partial charge is 0.370 e. The third-order valence-electron chi connectivity index (χ3n) is 1.30. The zero-order valence-corrected chi connectivity index (χ0v) is 8.31. The summed E-state index contributed by atoms with van der Waals surface area (Å²) in [5.74, 6) is -0.211. The standard InChI is InChI=1S/C5H13N.C4H9NO/c1-2-3-4-5-6;1-2-3-4(5)6/h2-6H2,1H3;2-3H2,1H3,(H2,5,6). The highest BCUT2D eigenvalue weighted by Gasteiger charge is 1.84. The van der Waals surface area contributed by atoms with Gasteiger partial charge in [0.15, 0.2) is 0 Å². The van der Waals surface area contributed by atoms with E-state index in [4.69, 9.17) is 11.5 Å². The van der Waals surface area contributed by atoms with Gasteiger partial charge in [-0.05, 0) is 19.4 Å². The maximum atomic E-state index is 9.82. The first-order valence-electron chi connectivity index (χ1n) is 4.67. The summed E-state index contributed by atoms with van der Waals surface area (Å²) in [6.07, 6.45) is 5.12. The van der Waals surface area contributed by atoms with Gasteiger partial charge in [-0.25, -0.2) is 0 Å². The fraction of sp³-hybridized carbons (Fsp3) is 0.889. The first kappa shape index (κ1) is 14.0. The van der Waals surface area contributed by atoms with E-state index >= 15 is 0 Å². The third kappa shape index (κ3) is 22.7. The van der Waals surface area contributed by atoms with Gasteiger partial charge in [-0.15, -0.1) is 0 Å². The molecule has 3 heteroatoms. The molecule has 0 aliphatic carbocycles. The summed E-state index contributed by atoms with van der Waals surface area (Å²) in [6, 6.07) is 0. The highest BCUT2D eigenvalue weighted by molar-refractivity contribution is 5.73. The minimum absolute atomic E-state index is 0.211. The van der Waals surface area contributed by atoms with Crippen molar-refractivity contribution in [3.63, 3.8) is 0 Å². The molecule has 0 saturated heterocycles. The van der Waals surface area contributed by atoms with Crippen molar-refractivity contribution in [2.24, 2.45) is 11.5 Å². The van der Waals surface area contributed by atoms with Crippen LogP contribution >= 0.6 is 0 Å². The van der Waals surface area contributed by atoms with Crippen molar-refractivity contribution in [2.75, 3.05) is 6.54 Å². The Bertz CT molecular complexity index is 90.5. The second-order valence-corrected chi connectivity index (χ2v) is 2.71. The maximum Gasteiger partial charge on any atom is 0.217 e. The van der Waals surface area contributed by atoms with Crippen molar-refractivity contribution < 1.29 is 4.79 Å². The molecular weight excluding hydrogens is 152 g/mol. The molecule has 0 radical (unpaired) electrons. The van der Waals surface area contributed by atoms with Gasteiger partial charge in [-0.2, -0.15) is 0 Å². The quantitative estimate of drug-likeness (QED) is 0.619. The zero-order chi connectivity index (χ0) is 9.82. The van der Waals surface area contributed by atoms with Crippen LogP contribution in [0, 0.1) is 0 Å². The smallest absolute Gasteiger partial charge is 0.217 e. The summed E-state index contributed by atoms with van der Waals surface area (Å²) in [6.45, 7) is 4.95. The molecule has 0 spiro atoms. The fourth-order valence-corrected chi connectivity index (χ4v) is 0.641. The Morgan fingerprint density at radius 1 is 1.17 bits per heavy atom. The first-order valence-corrected chi connectivity index (χ1v) is 4.67. The number of unbranched alkanes of at least 4 members (excludes halogenated alkanes) is 2. The summed E-state index contributed by atoms with van der Waals surface area (Å²) in [5, 5.41) is 0. The number of carbonyl (C=O) groups is 1. The lowest BCUT2D eigenvalue weighted by molar-refractivity contribution is -0.118. The minimum Gasteiger partial charge on any atom is -0.370 e. The van der Waals surface area contributed by atoms with Crippen molar-refractivity contribution in [2.45, 2.75) is 46.0 Å². The van der Waals surface area contributed by atoms with Crippen molar-refractivity contribution in [1.82, 2.24) is 0 Å². The Balaban J connectivity index is 0. The summed E-state index contributed by atoms with van der Waals surface area (Å²) in [7, 11) is 0. The molecule has 0 aliphatic heterocycles. The number of hydrogen-bond donors (Lipinski definition) is 2. The zero-order valence-electron chi connectivity index (χ0n) is 8.31. The summed E-state index contributed by atoms with van der Waals surface area (Å²) < 4.78 is 0. The van der Waals surface area contributed by atoms with Crippen LogP contribution in [0.2, 0.25) is 0 Å². The molecule has 0 fully saturated rings. The molecule has 0 saturated carbocycles. The van der Waals surface area contributed by atoms with Gasteiger partial charge < -0.3 is 11.5 Å². The SMILES string of the molecule is CCCC(N)=O.CCCCCN. The van der Waals surface area contributed by atoms with E-state index in [9.17, 15) is 4.79 Å². The van der Waals surface area contributed by atoms with Crippen LogP contribution in [-0.2, 0) is 4.79 Å². The molecule has 74 valence electrons. The van der Waals surface area contributed by atoms with E-state index in [2.05, 4.69) is 6.92 Å². The van der Waals surface area contributed by atoms with E-state index in [1.807, 2.05) is 6.92 Å². The number of hydrogen-bond acceptors (Lipinski definition) is 2. The predicted octanol–water partition coefficient (Wildman–Crippen LogP) is 1.41. The fourth-order valence-electron chi connectivity index (χ4n) is 0.641. The number of amides is 1. The molecule has 0 aliphatic rings. The Morgan fingerprint density at radius 2 is 1.75 bits per heavy atom. The molecule has 12 heavy (non-hydrogen) atoms. The van der Waals surface area contributed by atoms with Crippen LogP contribution in [0.3, 0.4) is 0 Å². The first-order chi connectivity index (χ1) is 5.68. The average molecular weight is 174 g/mol. The minimum atomic E-state index is -0.211. The number of rotatable bonds is 5. The average Bonchev–Trinajstić information content (AvgIpc) is 2.02. The molecule has 1 amide bonds. The van der Waals surface area contributed by atoms with E-state index in [1.54, 1.807) is 0 Å². The van der Waals surface area contributed by atoms with Crippen LogP contribution in [0.15, 0.2) is 0 Å². The number of carbonyl (C=O) groups excluding carboxylic acids is 1. The molecule has 4 N–H and O–H groups in total. The van der Waals surface area contributed by atoms with E-state index in [1.165, 1.54) is 19.3 Å². The maximum absolute atomic E-state index is 9.82. The molecule has 0 rings (SSSR count). The molecule has 0 aromatic carbocycles. The Labute approximate surface area is 75.5 Å². The van der Waals surface area contributed by atoms with Crippen LogP contribution in [0.5, 0.6) is 0 Å². The number of primary amides is 1. The van der Waals surface area contributed by atoms with Crippen molar-refractivity contribution in [3.8, 4) is 0 Å². The molecule has 0 atom stereocenters. The highest BCUT2D eigenvalue weighted by Crippen LogP contribution is 1.88. The van der Waals surface area contributed by atoms with Gasteiger partial charge >= 0.3 is 0 Å². The molecular formula is C9H22N2O. The Hall–Kier alpha value is -0.570. The van der Waals surface area contributed by atoms with E-state index in [0.29, 0.717) is 6.42 Å². The second kappa shape index (κ2) is 13.1. The number of nitrogens with two attached hydrogens (primary N) is 2. The van der Waals surface area contributed by atoms with Crippen LogP contribution in [0.1, 0.15) is 46.0 Å². The van der Waals surface area contributed by atoms with Crippen molar-refractivity contribution in [1.29, 1.82) is 0 Å². The molecule has 0 aromatic rings. The van der Waals surface area contributed by atoms with E-state index < -0.39 is 0 Å². The van der Waals surface area contributed by atoms with Gasteiger partial charge in [-0.1, -0.05) is 26.7 Å². The normalized spacial score (nSPS) is 8.58. The summed E-state index contributed by atoms with van der Waals surface area (Å²) >= 11 is 0. The van der Waals surface area contributed by atoms with Crippen LogP contribution in [0.4, 0.5) is 0 Å². The highest BCUT2D eigenvalue weighted by atomic mass is 16.1. The molecule has 3 nitrogen and oxygen atoms in total. The van der Waals surface area contributed by atoms with E-state index in [-0.39, 0.29) is 5.91 Å². The lowest BCUT2D eigenvalue weighted by Gasteiger charge is -1.86. The van der Waals surface area contributed by atoms with Gasteiger partial charge in [0, 0.05) is 6.42 Å². The van der Waals surface area contributed by atoms with Gasteiger partial charge in [0.05, 0.1) is 0 Å². The Morgan fingerprint density at radius 3 is 1.83 bits per heavy atom. The van der Waals surface area contributed by atoms with Crippen molar-refractivity contribution in [3.05, 3.63) is 0 Å². The predicted molar refractivity (Wildman–Crippen MR) is 52.7 cm³/mol. The van der Waals surface area contributed by atoms with Crippen LogP contribution < -0.4 is 11.5 Å². The molecule has 0 unspecified atom stereocenters. The van der Waals surface area contributed by atoms with E-state index in [0.717, 1.165) is 13.0 Å². The lowest BCUT2D eigenvalue weighted by Crippen LogP contribution is -2.08. The molecule has 0 aromatic heterocycles. The van der Waals surface area contributed by atoms with Gasteiger partial charge in [0.1, 0.15) is 0 Å². The van der Waals surface area contributed by atoms with Gasteiger partial charge in [-0.3, -0.25) is 4.79 Å². The molecule has 0 heterocycles. The van der Waals surface area contributed by atoms with Gasteiger partial charge in [0.2, 0.25) is 5.91 Å². The third-order valence-corrected chi connectivity index (χ3v) is 1.30. The monoisotopic (exact) mass is 174 g/mol. The van der Waals surface area contributed by atoms with Crippen LogP contribution in [-0.4, -0.2) is 12.5 Å². The lowest BCUT2D eigenvalue weighted by atomic mass is 10.3. The molecule has 0 bridgehead atoms. The van der Waals surface area contributed by atoms with Crippen molar-refractivity contribution >= 4 is 5.91 Å². The summed E-state index contributed by atoms with van der Waals surface area (Å²) in [5.41, 5.74) is 9.98. The van der Waals surface area contributed by atoms with Crippen LogP contribution in [0.25, 0.3) is 0 Å². The topological polar surface area (TPSA) is 69.1 Å². The van der Waals surface area contributed by atoms with Gasteiger partial charge in [0.25, 0.3) is 0 Å². The summed E-state index contributed by atoms with van der Waals surface area (Å²) in [4.78, 5) is 9.82. The Kier molecular flexibility index (Phi) is 15.2.